The molecular formula is C8H8BrF2N3. The molecule has 0 saturated carbocycles. The van der Waals surface area contributed by atoms with Crippen molar-refractivity contribution in [3.8, 4) is 0 Å². The summed E-state index contributed by atoms with van der Waals surface area (Å²) in [6.07, 6.45) is 0.185. The van der Waals surface area contributed by atoms with Crippen LogP contribution in [0.25, 0.3) is 0 Å². The highest BCUT2D eigenvalue weighted by atomic mass is 79.9. The molecule has 3 nitrogen and oxygen atoms in total. The van der Waals surface area contributed by atoms with Crippen molar-refractivity contribution < 1.29 is 8.78 Å². The van der Waals surface area contributed by atoms with Crippen molar-refractivity contribution in [2.45, 2.75) is 6.43 Å². The average molecular weight is 264 g/mol. The van der Waals surface area contributed by atoms with E-state index in [2.05, 4.69) is 31.2 Å². The van der Waals surface area contributed by atoms with Gasteiger partial charge in [-0.25, -0.2) is 13.8 Å². The Morgan fingerprint density at radius 3 is 2.93 bits per heavy atom. The number of nitrogens with one attached hydrogen (secondary N) is 1. The van der Waals surface area contributed by atoms with Gasteiger partial charge in [-0.15, -0.1) is 0 Å². The fourth-order valence-electron chi connectivity index (χ4n) is 0.831. The lowest BCUT2D eigenvalue weighted by molar-refractivity contribution is 0.150. The van der Waals surface area contributed by atoms with Gasteiger partial charge in [-0.05, 0) is 22.0 Å². The number of nitrogens with zero attached hydrogens (tertiary/aromatic N) is 2. The van der Waals surface area contributed by atoms with Crippen molar-refractivity contribution in [3.63, 3.8) is 0 Å². The number of rotatable bonds is 3. The lowest BCUT2D eigenvalue weighted by Gasteiger charge is -2.05. The summed E-state index contributed by atoms with van der Waals surface area (Å²) in [7, 11) is 1.57. The highest BCUT2D eigenvalue weighted by Gasteiger charge is 2.12. The SMILES string of the molecule is CN=CNc1cc(C(F)F)c(Br)cn1. The minimum absolute atomic E-state index is 0.0907. The van der Waals surface area contributed by atoms with Crippen molar-refractivity contribution in [1.82, 2.24) is 4.98 Å². The number of hydrogen-bond donors (Lipinski definition) is 1. The molecule has 0 atom stereocenters. The Morgan fingerprint density at radius 1 is 1.64 bits per heavy atom. The molecular weight excluding hydrogens is 256 g/mol. The van der Waals surface area contributed by atoms with Gasteiger partial charge in [0.15, 0.2) is 0 Å². The third-order valence-corrected chi connectivity index (χ3v) is 2.12. The Balaban J connectivity index is 2.94. The van der Waals surface area contributed by atoms with Gasteiger partial charge in [-0.3, -0.25) is 4.99 Å². The lowest BCUT2D eigenvalue weighted by Crippen LogP contribution is -1.99. The summed E-state index contributed by atoms with van der Waals surface area (Å²) in [6.45, 7) is 0. The molecule has 0 unspecified atom stereocenters. The summed E-state index contributed by atoms with van der Waals surface area (Å²) in [5, 5.41) is 2.66. The molecule has 0 aliphatic heterocycles. The number of anilines is 1. The van der Waals surface area contributed by atoms with Gasteiger partial charge in [0.25, 0.3) is 6.43 Å². The summed E-state index contributed by atoms with van der Waals surface area (Å²) in [5.41, 5.74) is -0.0907. The minimum Gasteiger partial charge on any atom is -0.331 e. The van der Waals surface area contributed by atoms with E-state index in [1.807, 2.05) is 0 Å². The van der Waals surface area contributed by atoms with Crippen molar-refractivity contribution in [1.29, 1.82) is 0 Å². The van der Waals surface area contributed by atoms with Gasteiger partial charge in [0.05, 0.1) is 6.34 Å². The number of aromatic nitrogens is 1. The Bertz CT molecular complexity index is 341. The molecule has 0 spiro atoms. The molecule has 6 heteroatoms. The molecule has 0 aromatic carbocycles. The van der Waals surface area contributed by atoms with Crippen LogP contribution in [0.5, 0.6) is 0 Å². The molecule has 0 aliphatic carbocycles. The maximum Gasteiger partial charge on any atom is 0.265 e. The first-order valence-corrected chi connectivity index (χ1v) is 4.55. The van der Waals surface area contributed by atoms with Gasteiger partial charge in [0.2, 0.25) is 0 Å². The van der Waals surface area contributed by atoms with Crippen LogP contribution in [-0.4, -0.2) is 18.4 Å². The maximum absolute atomic E-state index is 12.4. The van der Waals surface area contributed by atoms with E-state index < -0.39 is 6.43 Å². The van der Waals surface area contributed by atoms with E-state index in [4.69, 9.17) is 0 Å². The normalized spacial score (nSPS) is 11.2. The van der Waals surface area contributed by atoms with Gasteiger partial charge in [-0.1, -0.05) is 0 Å². The van der Waals surface area contributed by atoms with E-state index in [0.29, 0.717) is 10.3 Å². The quantitative estimate of drug-likeness (QED) is 0.673. The molecule has 0 amide bonds. The van der Waals surface area contributed by atoms with Crippen LogP contribution in [0.4, 0.5) is 14.6 Å². The molecule has 1 aromatic heterocycles. The molecule has 76 valence electrons. The predicted molar refractivity (Wildman–Crippen MR) is 54.9 cm³/mol. The van der Waals surface area contributed by atoms with Crippen LogP contribution < -0.4 is 5.32 Å². The van der Waals surface area contributed by atoms with Crippen LogP contribution in [-0.2, 0) is 0 Å². The summed E-state index contributed by atoms with van der Waals surface area (Å²) >= 11 is 3.00. The van der Waals surface area contributed by atoms with Crippen LogP contribution >= 0.6 is 15.9 Å². The number of alkyl halides is 2. The van der Waals surface area contributed by atoms with Crippen LogP contribution in [0.2, 0.25) is 0 Å². The third-order valence-electron chi connectivity index (χ3n) is 1.46. The first kappa shape index (κ1) is 11.0. The monoisotopic (exact) mass is 263 g/mol. The molecule has 14 heavy (non-hydrogen) atoms. The van der Waals surface area contributed by atoms with Gasteiger partial charge in [0, 0.05) is 23.3 Å². The van der Waals surface area contributed by atoms with Crippen molar-refractivity contribution in [2.24, 2.45) is 4.99 Å². The summed E-state index contributed by atoms with van der Waals surface area (Å²) in [5.74, 6) is 0.342. The molecule has 1 rings (SSSR count). The van der Waals surface area contributed by atoms with Gasteiger partial charge in [0.1, 0.15) is 5.82 Å². The zero-order chi connectivity index (χ0) is 10.6. The summed E-state index contributed by atoms with van der Waals surface area (Å²) < 4.78 is 25.1. The molecule has 1 aromatic rings. The molecule has 0 fully saturated rings. The van der Waals surface area contributed by atoms with Gasteiger partial charge >= 0.3 is 0 Å². The molecule has 0 radical (unpaired) electrons. The van der Waals surface area contributed by atoms with E-state index in [0.717, 1.165) is 0 Å². The third kappa shape index (κ3) is 2.73. The molecule has 0 saturated heterocycles. The van der Waals surface area contributed by atoms with E-state index in [-0.39, 0.29) is 5.56 Å². The van der Waals surface area contributed by atoms with Gasteiger partial charge in [-0.2, -0.15) is 0 Å². The van der Waals surface area contributed by atoms with Crippen LogP contribution in [0.3, 0.4) is 0 Å². The molecule has 1 N–H and O–H groups in total. The number of pyridine rings is 1. The fraction of sp³-hybridized carbons (Fsp3) is 0.250. The van der Waals surface area contributed by atoms with Crippen LogP contribution in [0, 0.1) is 0 Å². The van der Waals surface area contributed by atoms with Crippen LogP contribution in [0.15, 0.2) is 21.7 Å². The van der Waals surface area contributed by atoms with E-state index in [9.17, 15) is 8.78 Å². The smallest absolute Gasteiger partial charge is 0.265 e. The number of hydrogen-bond acceptors (Lipinski definition) is 2. The lowest BCUT2D eigenvalue weighted by atomic mass is 10.3. The Morgan fingerprint density at radius 2 is 2.36 bits per heavy atom. The standard InChI is InChI=1S/C8H8BrF2N3/c1-12-4-14-7-2-5(8(10)11)6(9)3-13-7/h2-4,8H,1H3,(H,12,13,14). The first-order chi connectivity index (χ1) is 6.65. The molecule has 1 heterocycles. The van der Waals surface area contributed by atoms with Crippen molar-refractivity contribution in [3.05, 3.63) is 22.3 Å². The topological polar surface area (TPSA) is 37.3 Å². The van der Waals surface area contributed by atoms with Crippen LogP contribution in [0.1, 0.15) is 12.0 Å². The highest BCUT2D eigenvalue weighted by molar-refractivity contribution is 9.10. The highest BCUT2D eigenvalue weighted by Crippen LogP contribution is 2.28. The Hall–Kier alpha value is -1.04. The zero-order valence-corrected chi connectivity index (χ0v) is 8.92. The second-order valence-corrected chi connectivity index (χ2v) is 3.28. The van der Waals surface area contributed by atoms with E-state index in [1.54, 1.807) is 7.05 Å². The van der Waals surface area contributed by atoms with E-state index in [1.165, 1.54) is 18.6 Å². The predicted octanol–water partition coefficient (Wildman–Crippen LogP) is 2.85. The zero-order valence-electron chi connectivity index (χ0n) is 7.34. The summed E-state index contributed by atoms with van der Waals surface area (Å²) in [4.78, 5) is 7.53. The fourth-order valence-corrected chi connectivity index (χ4v) is 1.22. The summed E-state index contributed by atoms with van der Waals surface area (Å²) in [6, 6.07) is 1.27. The molecule has 0 bridgehead atoms. The maximum atomic E-state index is 12.4. The van der Waals surface area contributed by atoms with Crippen molar-refractivity contribution >= 4 is 28.1 Å². The van der Waals surface area contributed by atoms with Gasteiger partial charge < -0.3 is 5.32 Å². The van der Waals surface area contributed by atoms with E-state index >= 15 is 0 Å². The Kier molecular flexibility index (Phi) is 3.94. The van der Waals surface area contributed by atoms with Crippen molar-refractivity contribution in [2.75, 3.05) is 12.4 Å². The number of aliphatic imine (C=N–C) groups is 1. The number of halogens is 3. The Labute approximate surface area is 88.4 Å². The average Bonchev–Trinajstić information content (AvgIpc) is 2.16. The second-order valence-electron chi connectivity index (χ2n) is 2.42. The minimum atomic E-state index is -2.52. The largest absolute Gasteiger partial charge is 0.331 e. The second kappa shape index (κ2) is 4.99. The first-order valence-electron chi connectivity index (χ1n) is 3.76. The molecule has 0 aliphatic rings.